The molecule has 1 aromatic heterocycles. The molecule has 2 atom stereocenters. The molecule has 0 N–H and O–H groups in total. The van der Waals surface area contributed by atoms with Crippen molar-refractivity contribution < 1.29 is 9.47 Å². The molecule has 0 fully saturated rings. The molecule has 0 bridgehead atoms. The Morgan fingerprint density at radius 1 is 0.432 bits per heavy atom. The normalized spacial score (nSPS) is 18.0. The van der Waals surface area contributed by atoms with Crippen LogP contribution in [0.3, 0.4) is 0 Å². The molecule has 0 amide bonds. The quantitative estimate of drug-likeness (QED) is 0.199. The highest BCUT2D eigenvalue weighted by atomic mass is 16.5. The molecule has 2 aliphatic rings. The minimum Gasteiger partial charge on any atom is -0.474 e. The number of pyridine rings is 1. The standard InChI is InChI=1S/C39H27N3O2/c1-3-12-28-24(8-1)18-20-26-10-5-14-30(36(26)28)34-22-43-38(41-34)32-16-7-17-33(40-32)39-42-35(23-44-39)31-15-6-11-27-21-19-25-9-2-4-13-29(25)37(27)31/h1-21,34-35H,22-23H2/t34-,35-/m0/s1. The molecule has 0 spiro atoms. The lowest BCUT2D eigenvalue weighted by molar-refractivity contribution is 0.318. The Balaban J connectivity index is 1.06. The molecule has 3 heterocycles. The number of fused-ring (bicyclic) bond motifs is 6. The summed E-state index contributed by atoms with van der Waals surface area (Å²) in [5, 5.41) is 9.77. The van der Waals surface area contributed by atoms with Gasteiger partial charge in [0.25, 0.3) is 0 Å². The largest absolute Gasteiger partial charge is 0.474 e. The summed E-state index contributed by atoms with van der Waals surface area (Å²) < 4.78 is 12.3. The maximum atomic E-state index is 6.17. The van der Waals surface area contributed by atoms with Gasteiger partial charge in [-0.1, -0.05) is 115 Å². The van der Waals surface area contributed by atoms with Crippen molar-refractivity contribution in [2.24, 2.45) is 9.98 Å². The first-order valence-electron chi connectivity index (χ1n) is 15.0. The third-order valence-corrected chi connectivity index (χ3v) is 8.81. The third kappa shape index (κ3) is 4.04. The van der Waals surface area contributed by atoms with Crippen LogP contribution >= 0.6 is 0 Å². The summed E-state index contributed by atoms with van der Waals surface area (Å²) in [6.07, 6.45) is 0. The topological polar surface area (TPSA) is 56.1 Å². The van der Waals surface area contributed by atoms with Gasteiger partial charge in [0, 0.05) is 0 Å². The fraction of sp³-hybridized carbons (Fsp3) is 0.103. The minimum absolute atomic E-state index is 0.115. The summed E-state index contributed by atoms with van der Waals surface area (Å²) in [7, 11) is 0. The zero-order chi connectivity index (χ0) is 29.0. The molecule has 210 valence electrons. The van der Waals surface area contributed by atoms with E-state index in [2.05, 4.69) is 109 Å². The molecule has 0 saturated heterocycles. The lowest BCUT2D eigenvalue weighted by atomic mass is 9.94. The van der Waals surface area contributed by atoms with Gasteiger partial charge in [0.15, 0.2) is 0 Å². The predicted octanol–water partition coefficient (Wildman–Crippen LogP) is 8.73. The Bertz CT molecular complexity index is 2160. The highest BCUT2D eigenvalue weighted by molar-refractivity contribution is 6.10. The molecule has 2 aliphatic heterocycles. The first-order valence-corrected chi connectivity index (χ1v) is 15.0. The van der Waals surface area contributed by atoms with Gasteiger partial charge in [0.1, 0.15) is 36.7 Å². The molecule has 6 aromatic carbocycles. The first kappa shape index (κ1) is 25.0. The molecule has 44 heavy (non-hydrogen) atoms. The highest BCUT2D eigenvalue weighted by Crippen LogP contribution is 2.37. The summed E-state index contributed by atoms with van der Waals surface area (Å²) in [4.78, 5) is 15.0. The van der Waals surface area contributed by atoms with Crippen molar-refractivity contribution in [3.63, 3.8) is 0 Å². The fourth-order valence-electron chi connectivity index (χ4n) is 6.75. The highest BCUT2D eigenvalue weighted by Gasteiger charge is 2.28. The van der Waals surface area contributed by atoms with E-state index >= 15 is 0 Å². The lowest BCUT2D eigenvalue weighted by Gasteiger charge is -2.12. The van der Waals surface area contributed by atoms with Crippen LogP contribution in [0, 0.1) is 0 Å². The Hall–Kier alpha value is -5.55. The monoisotopic (exact) mass is 569 g/mol. The number of aromatic nitrogens is 1. The van der Waals surface area contributed by atoms with Crippen molar-refractivity contribution in [1.82, 2.24) is 4.98 Å². The van der Waals surface area contributed by atoms with Gasteiger partial charge in [-0.3, -0.25) is 0 Å². The zero-order valence-corrected chi connectivity index (χ0v) is 23.9. The number of benzene rings is 6. The molecule has 0 aliphatic carbocycles. The van der Waals surface area contributed by atoms with Crippen LogP contribution in [0.15, 0.2) is 137 Å². The maximum absolute atomic E-state index is 6.17. The molecule has 0 unspecified atom stereocenters. The van der Waals surface area contributed by atoms with Crippen LogP contribution in [0.2, 0.25) is 0 Å². The summed E-state index contributed by atoms with van der Waals surface area (Å²) in [6.45, 7) is 0.941. The van der Waals surface area contributed by atoms with Crippen LogP contribution < -0.4 is 0 Å². The van der Waals surface area contributed by atoms with Gasteiger partial charge in [-0.2, -0.15) is 0 Å². The van der Waals surface area contributed by atoms with Crippen molar-refractivity contribution in [3.8, 4) is 0 Å². The molecule has 0 radical (unpaired) electrons. The van der Waals surface area contributed by atoms with E-state index in [1.165, 1.54) is 54.2 Å². The van der Waals surface area contributed by atoms with Crippen molar-refractivity contribution in [2.75, 3.05) is 13.2 Å². The van der Waals surface area contributed by atoms with Crippen LogP contribution in [0.25, 0.3) is 43.1 Å². The van der Waals surface area contributed by atoms with Crippen molar-refractivity contribution >= 4 is 54.9 Å². The molecular weight excluding hydrogens is 542 g/mol. The summed E-state index contributed by atoms with van der Waals surface area (Å²) in [6, 6.07) is 44.2. The fourth-order valence-corrected chi connectivity index (χ4v) is 6.75. The third-order valence-electron chi connectivity index (χ3n) is 8.81. The number of hydrogen-bond donors (Lipinski definition) is 0. The van der Waals surface area contributed by atoms with Crippen LogP contribution in [0.4, 0.5) is 0 Å². The van der Waals surface area contributed by atoms with E-state index < -0.39 is 0 Å². The molecule has 5 heteroatoms. The van der Waals surface area contributed by atoms with E-state index in [4.69, 9.17) is 24.4 Å². The number of hydrogen-bond acceptors (Lipinski definition) is 5. The van der Waals surface area contributed by atoms with Gasteiger partial charge in [-0.05, 0) is 66.3 Å². The molecular formula is C39H27N3O2. The van der Waals surface area contributed by atoms with Gasteiger partial charge in [-0.15, -0.1) is 0 Å². The second kappa shape index (κ2) is 10.0. The Morgan fingerprint density at radius 2 is 0.864 bits per heavy atom. The van der Waals surface area contributed by atoms with Gasteiger partial charge >= 0.3 is 0 Å². The summed E-state index contributed by atoms with van der Waals surface area (Å²) in [5.74, 6) is 1.09. The van der Waals surface area contributed by atoms with Gasteiger partial charge in [0.05, 0.1) is 0 Å². The van der Waals surface area contributed by atoms with E-state index in [0.717, 1.165) is 0 Å². The number of nitrogens with zero attached hydrogens (tertiary/aromatic N) is 3. The zero-order valence-electron chi connectivity index (χ0n) is 23.9. The number of rotatable bonds is 4. The molecule has 9 rings (SSSR count). The smallest absolute Gasteiger partial charge is 0.236 e. The van der Waals surface area contributed by atoms with Crippen molar-refractivity contribution in [1.29, 1.82) is 0 Å². The minimum atomic E-state index is -0.115. The maximum Gasteiger partial charge on any atom is 0.236 e. The Kier molecular flexibility index (Phi) is 5.69. The van der Waals surface area contributed by atoms with E-state index in [9.17, 15) is 0 Å². The average molecular weight is 570 g/mol. The van der Waals surface area contributed by atoms with E-state index in [0.29, 0.717) is 36.4 Å². The van der Waals surface area contributed by atoms with E-state index in [1.807, 2.05) is 18.2 Å². The van der Waals surface area contributed by atoms with Crippen molar-refractivity contribution in [2.45, 2.75) is 12.1 Å². The Morgan fingerprint density at radius 3 is 1.39 bits per heavy atom. The van der Waals surface area contributed by atoms with Gasteiger partial charge in [-0.25, -0.2) is 15.0 Å². The molecule has 5 nitrogen and oxygen atoms in total. The molecule has 7 aromatic rings. The van der Waals surface area contributed by atoms with Crippen LogP contribution in [0.1, 0.15) is 34.6 Å². The van der Waals surface area contributed by atoms with E-state index in [-0.39, 0.29) is 12.1 Å². The SMILES string of the molecule is c1cc(C2=N[C@H](c3cccc4ccc5ccccc5c34)CO2)nc(C2=N[C@H](c3cccc4ccc5ccccc5c34)CO2)c1. The summed E-state index contributed by atoms with van der Waals surface area (Å²) in [5.41, 5.74) is 3.70. The van der Waals surface area contributed by atoms with E-state index in [1.54, 1.807) is 0 Å². The Labute approximate surface area is 254 Å². The van der Waals surface area contributed by atoms with Crippen LogP contribution in [-0.4, -0.2) is 30.0 Å². The van der Waals surface area contributed by atoms with Crippen LogP contribution in [-0.2, 0) is 9.47 Å². The second-order valence-corrected chi connectivity index (χ2v) is 11.4. The van der Waals surface area contributed by atoms with Gasteiger partial charge in [0.2, 0.25) is 11.8 Å². The average Bonchev–Trinajstić information content (AvgIpc) is 3.79. The molecule has 0 saturated carbocycles. The second-order valence-electron chi connectivity index (χ2n) is 11.4. The van der Waals surface area contributed by atoms with Crippen molar-refractivity contribution in [3.05, 3.63) is 150 Å². The van der Waals surface area contributed by atoms with Gasteiger partial charge < -0.3 is 9.47 Å². The number of ether oxygens (including phenoxy) is 2. The van der Waals surface area contributed by atoms with Crippen LogP contribution in [0.5, 0.6) is 0 Å². The lowest BCUT2D eigenvalue weighted by Crippen LogP contribution is -2.09. The predicted molar refractivity (Wildman–Crippen MR) is 178 cm³/mol. The number of aliphatic imine (C=N–C) groups is 2. The summed E-state index contributed by atoms with van der Waals surface area (Å²) >= 11 is 0. The first-order chi connectivity index (χ1) is 21.8.